The van der Waals surface area contributed by atoms with Gasteiger partial charge in [-0.3, -0.25) is 0 Å². The Morgan fingerprint density at radius 2 is 2.07 bits per heavy atom. The number of benzene rings is 2. The molecule has 4 nitrogen and oxygen atoms in total. The van der Waals surface area contributed by atoms with Crippen molar-refractivity contribution in [3.63, 3.8) is 0 Å². The van der Waals surface area contributed by atoms with E-state index in [2.05, 4.69) is 0 Å². The first kappa shape index (κ1) is 18.4. The highest BCUT2D eigenvalue weighted by Gasteiger charge is 2.13. The van der Waals surface area contributed by atoms with Crippen molar-refractivity contribution in [2.75, 3.05) is 6.61 Å². The molecule has 136 valence electrons. The number of hydrogen-bond donors (Lipinski definition) is 0. The molecule has 1 aromatic heterocycles. The van der Waals surface area contributed by atoms with Crippen LogP contribution in [0.1, 0.15) is 23.6 Å². The zero-order chi connectivity index (χ0) is 19.4. The number of carbonyl (C=O) groups is 1. The Morgan fingerprint density at radius 1 is 1.30 bits per heavy atom. The van der Waals surface area contributed by atoms with E-state index in [1.165, 1.54) is 18.2 Å². The van der Waals surface area contributed by atoms with Crippen LogP contribution in [-0.4, -0.2) is 17.1 Å². The van der Waals surface area contributed by atoms with Crippen molar-refractivity contribution in [2.45, 2.75) is 20.4 Å². The molecule has 0 fully saturated rings. The molecule has 2 aromatic carbocycles. The summed E-state index contributed by atoms with van der Waals surface area (Å²) in [5.74, 6) is -0.909. The number of halogens is 1. The van der Waals surface area contributed by atoms with Gasteiger partial charge in [0.15, 0.2) is 0 Å². The van der Waals surface area contributed by atoms with Gasteiger partial charge in [0.25, 0.3) is 0 Å². The maximum absolute atomic E-state index is 13.7. The highest BCUT2D eigenvalue weighted by Crippen LogP contribution is 2.25. The average molecular weight is 362 g/mol. The van der Waals surface area contributed by atoms with E-state index < -0.39 is 5.97 Å². The molecular weight excluding hydrogens is 343 g/mol. The van der Waals surface area contributed by atoms with Crippen LogP contribution in [0.5, 0.6) is 0 Å². The lowest BCUT2D eigenvalue weighted by molar-refractivity contribution is -0.137. The predicted octanol–water partition coefficient (Wildman–Crippen LogP) is 4.61. The molecule has 0 spiro atoms. The van der Waals surface area contributed by atoms with Crippen molar-refractivity contribution in [1.29, 1.82) is 5.26 Å². The number of aryl methyl sites for hydroxylation is 1. The average Bonchev–Trinajstić information content (AvgIpc) is 2.96. The van der Waals surface area contributed by atoms with Gasteiger partial charge in [-0.15, -0.1) is 0 Å². The fraction of sp³-hybridized carbons (Fsp3) is 0.182. The van der Waals surface area contributed by atoms with E-state index in [-0.39, 0.29) is 18.0 Å². The Kier molecular flexibility index (Phi) is 5.37. The van der Waals surface area contributed by atoms with Gasteiger partial charge in [-0.25, -0.2) is 9.18 Å². The molecule has 0 aliphatic carbocycles. The van der Waals surface area contributed by atoms with Crippen LogP contribution in [0.2, 0.25) is 0 Å². The molecule has 0 unspecified atom stereocenters. The quantitative estimate of drug-likeness (QED) is 0.378. The van der Waals surface area contributed by atoms with Gasteiger partial charge < -0.3 is 9.30 Å². The van der Waals surface area contributed by atoms with E-state index in [9.17, 15) is 14.4 Å². The summed E-state index contributed by atoms with van der Waals surface area (Å²) in [7, 11) is 0. The van der Waals surface area contributed by atoms with Crippen molar-refractivity contribution in [3.05, 3.63) is 76.7 Å². The van der Waals surface area contributed by atoms with Crippen LogP contribution in [0.15, 0.2) is 54.2 Å². The molecule has 0 aliphatic rings. The van der Waals surface area contributed by atoms with Crippen molar-refractivity contribution in [2.24, 2.45) is 0 Å². The number of nitrogens with zero attached hydrogens (tertiary/aromatic N) is 2. The van der Waals surface area contributed by atoms with Gasteiger partial charge in [0, 0.05) is 29.2 Å². The lowest BCUT2D eigenvalue weighted by Crippen LogP contribution is -2.05. The largest absolute Gasteiger partial charge is 0.462 e. The van der Waals surface area contributed by atoms with Gasteiger partial charge in [0.05, 0.1) is 6.61 Å². The number of aromatic nitrogens is 1. The van der Waals surface area contributed by atoms with Crippen LogP contribution < -0.4 is 0 Å². The highest BCUT2D eigenvalue weighted by molar-refractivity contribution is 6.01. The lowest BCUT2D eigenvalue weighted by atomic mass is 10.1. The third-order valence-electron chi connectivity index (χ3n) is 4.19. The number of ether oxygens (including phenoxy) is 1. The van der Waals surface area contributed by atoms with Crippen molar-refractivity contribution < 1.29 is 13.9 Å². The Labute approximate surface area is 157 Å². The Hall–Kier alpha value is -3.39. The van der Waals surface area contributed by atoms with Gasteiger partial charge in [-0.05, 0) is 49.2 Å². The summed E-state index contributed by atoms with van der Waals surface area (Å²) in [6.07, 6.45) is 3.40. The zero-order valence-electron chi connectivity index (χ0n) is 15.2. The van der Waals surface area contributed by atoms with Crippen molar-refractivity contribution in [1.82, 2.24) is 4.57 Å². The molecule has 0 aliphatic heterocycles. The summed E-state index contributed by atoms with van der Waals surface area (Å²) in [5.41, 5.74) is 3.32. The molecule has 0 atom stereocenters. The summed E-state index contributed by atoms with van der Waals surface area (Å²) in [4.78, 5) is 11.9. The molecule has 3 rings (SSSR count). The molecule has 0 saturated carbocycles. The van der Waals surface area contributed by atoms with Crippen LogP contribution >= 0.6 is 0 Å². The maximum Gasteiger partial charge on any atom is 0.348 e. The normalized spacial score (nSPS) is 11.4. The smallest absolute Gasteiger partial charge is 0.348 e. The summed E-state index contributed by atoms with van der Waals surface area (Å²) in [5, 5.41) is 10.2. The van der Waals surface area contributed by atoms with Gasteiger partial charge in [0.2, 0.25) is 0 Å². The Bertz CT molecular complexity index is 1050. The van der Waals surface area contributed by atoms with E-state index in [0.29, 0.717) is 6.54 Å². The Balaban J connectivity index is 2.06. The standard InChI is InChI=1S/C22H19FN2O2/c1-3-27-22(26)17(12-24)11-18-14-25(21-7-5-4-6-20(18)21)13-16-8-15(2)9-19(23)10-16/h4-11,14H,3,13H2,1-2H3/b17-11+. The maximum atomic E-state index is 13.7. The second-order valence-corrected chi connectivity index (χ2v) is 6.26. The van der Waals surface area contributed by atoms with Crippen LogP contribution in [0, 0.1) is 24.1 Å². The lowest BCUT2D eigenvalue weighted by Gasteiger charge is -2.07. The molecule has 3 aromatic rings. The Morgan fingerprint density at radius 3 is 2.78 bits per heavy atom. The highest BCUT2D eigenvalue weighted by atomic mass is 19.1. The number of rotatable bonds is 5. The first-order valence-corrected chi connectivity index (χ1v) is 8.64. The van der Waals surface area contributed by atoms with Crippen LogP contribution in [0.3, 0.4) is 0 Å². The SMILES string of the molecule is CCOC(=O)/C(C#N)=C/c1cn(Cc2cc(C)cc(F)c2)c2ccccc12. The molecule has 0 saturated heterocycles. The number of hydrogen-bond acceptors (Lipinski definition) is 3. The summed E-state index contributed by atoms with van der Waals surface area (Å²) >= 11 is 0. The fourth-order valence-electron chi connectivity index (χ4n) is 3.12. The van der Waals surface area contributed by atoms with Crippen LogP contribution in [-0.2, 0) is 16.1 Å². The number of esters is 1. The molecule has 0 radical (unpaired) electrons. The third-order valence-corrected chi connectivity index (χ3v) is 4.19. The molecule has 0 bridgehead atoms. The van der Waals surface area contributed by atoms with Crippen LogP contribution in [0.4, 0.5) is 4.39 Å². The molecule has 27 heavy (non-hydrogen) atoms. The first-order chi connectivity index (χ1) is 13.0. The van der Waals surface area contributed by atoms with Gasteiger partial charge in [-0.2, -0.15) is 5.26 Å². The van der Waals surface area contributed by atoms with Gasteiger partial charge in [-0.1, -0.05) is 24.3 Å². The van der Waals surface area contributed by atoms with E-state index in [0.717, 1.165) is 27.6 Å². The summed E-state index contributed by atoms with van der Waals surface area (Å²) in [6, 6.07) is 14.5. The van der Waals surface area contributed by atoms with E-state index in [4.69, 9.17) is 4.74 Å². The monoisotopic (exact) mass is 362 g/mol. The van der Waals surface area contributed by atoms with E-state index in [1.807, 2.05) is 54.1 Å². The number of para-hydroxylation sites is 1. The molecule has 1 heterocycles. The third kappa shape index (κ3) is 4.06. The molecule has 5 heteroatoms. The van der Waals surface area contributed by atoms with Gasteiger partial charge >= 0.3 is 5.97 Å². The van der Waals surface area contributed by atoms with E-state index in [1.54, 1.807) is 6.92 Å². The zero-order valence-corrected chi connectivity index (χ0v) is 15.2. The van der Waals surface area contributed by atoms with Crippen molar-refractivity contribution in [3.8, 4) is 6.07 Å². The number of nitriles is 1. The van der Waals surface area contributed by atoms with Crippen LogP contribution in [0.25, 0.3) is 17.0 Å². The minimum Gasteiger partial charge on any atom is -0.462 e. The second kappa shape index (κ2) is 7.88. The molecule has 0 amide bonds. The van der Waals surface area contributed by atoms with Crippen molar-refractivity contribution >= 4 is 22.9 Å². The first-order valence-electron chi connectivity index (χ1n) is 8.64. The van der Waals surface area contributed by atoms with E-state index >= 15 is 0 Å². The number of fused-ring (bicyclic) bond motifs is 1. The second-order valence-electron chi connectivity index (χ2n) is 6.26. The topological polar surface area (TPSA) is 55.0 Å². The number of carbonyl (C=O) groups excluding carboxylic acids is 1. The summed E-state index contributed by atoms with van der Waals surface area (Å²) < 4.78 is 20.6. The minimum absolute atomic E-state index is 0.0543. The minimum atomic E-state index is -0.641. The molecular formula is C22H19FN2O2. The predicted molar refractivity (Wildman–Crippen MR) is 102 cm³/mol. The summed E-state index contributed by atoms with van der Waals surface area (Å²) in [6.45, 7) is 4.24. The van der Waals surface area contributed by atoms with Gasteiger partial charge in [0.1, 0.15) is 17.5 Å². The fourth-order valence-corrected chi connectivity index (χ4v) is 3.12. The molecule has 0 N–H and O–H groups in total.